The number of allylic oxidation sites excluding steroid dienone is 3. The SMILES string of the molecule is CCCCCCCC/C=C/CC/C=C/C(O)C(COC1OC(CO)C(O)C(O)C1O)NC(=O)CCCCCCCCCCCCCCCCCCCCCCCCCCCCCCCCC. The van der Waals surface area contributed by atoms with Crippen molar-refractivity contribution in [2.75, 3.05) is 13.2 Å². The lowest BCUT2D eigenvalue weighted by atomic mass is 9.99. The van der Waals surface area contributed by atoms with Crippen molar-refractivity contribution < 1.29 is 39.8 Å². The summed E-state index contributed by atoms with van der Waals surface area (Å²) in [5, 5.41) is 54.3. The van der Waals surface area contributed by atoms with Crippen molar-refractivity contribution >= 4 is 5.91 Å². The molecule has 7 atom stereocenters. The first-order valence-electron chi connectivity index (χ1n) is 28.6. The lowest BCUT2D eigenvalue weighted by Gasteiger charge is -2.40. The first-order chi connectivity index (χ1) is 32.3. The van der Waals surface area contributed by atoms with Crippen LogP contribution >= 0.6 is 0 Å². The van der Waals surface area contributed by atoms with Gasteiger partial charge in [-0.1, -0.05) is 263 Å². The van der Waals surface area contributed by atoms with Crippen molar-refractivity contribution in [1.82, 2.24) is 5.32 Å². The van der Waals surface area contributed by atoms with E-state index < -0.39 is 49.5 Å². The maximum atomic E-state index is 13.0. The van der Waals surface area contributed by atoms with Gasteiger partial charge in [0.1, 0.15) is 24.4 Å². The molecule has 1 rings (SSSR count). The van der Waals surface area contributed by atoms with Crippen molar-refractivity contribution in [2.24, 2.45) is 0 Å². The van der Waals surface area contributed by atoms with Crippen LogP contribution in [0, 0.1) is 0 Å². The van der Waals surface area contributed by atoms with E-state index in [0.717, 1.165) is 38.5 Å². The Bertz CT molecular complexity index is 1090. The molecule has 7 unspecified atom stereocenters. The van der Waals surface area contributed by atoms with Gasteiger partial charge in [-0.25, -0.2) is 0 Å². The number of aliphatic hydroxyl groups is 5. The smallest absolute Gasteiger partial charge is 0.220 e. The molecule has 0 saturated carbocycles. The fourth-order valence-electron chi connectivity index (χ4n) is 9.23. The number of nitrogens with one attached hydrogen (secondary N) is 1. The zero-order valence-electron chi connectivity index (χ0n) is 43.2. The molecule has 9 nitrogen and oxygen atoms in total. The second-order valence-corrected chi connectivity index (χ2v) is 20.1. The van der Waals surface area contributed by atoms with E-state index in [0.29, 0.717) is 6.42 Å². The molecule has 1 fully saturated rings. The van der Waals surface area contributed by atoms with E-state index in [1.807, 2.05) is 6.08 Å². The molecular formula is C57H109NO8. The van der Waals surface area contributed by atoms with Gasteiger partial charge in [-0.15, -0.1) is 0 Å². The number of amides is 1. The summed E-state index contributed by atoms with van der Waals surface area (Å²) in [6.07, 6.45) is 52.7. The summed E-state index contributed by atoms with van der Waals surface area (Å²) < 4.78 is 11.2. The monoisotopic (exact) mass is 936 g/mol. The number of carbonyl (C=O) groups excluding carboxylic acids is 1. The Balaban J connectivity index is 2.11. The quantitative estimate of drug-likeness (QED) is 0.0261. The molecular weight excluding hydrogens is 827 g/mol. The highest BCUT2D eigenvalue weighted by Gasteiger charge is 2.44. The van der Waals surface area contributed by atoms with Crippen molar-refractivity contribution in [1.29, 1.82) is 0 Å². The molecule has 0 aromatic rings. The summed E-state index contributed by atoms with van der Waals surface area (Å²) in [5.74, 6) is -0.183. The second-order valence-electron chi connectivity index (χ2n) is 20.1. The maximum Gasteiger partial charge on any atom is 0.220 e. The molecule has 390 valence electrons. The lowest BCUT2D eigenvalue weighted by molar-refractivity contribution is -0.302. The van der Waals surface area contributed by atoms with Gasteiger partial charge in [-0.2, -0.15) is 0 Å². The molecule has 0 aliphatic carbocycles. The van der Waals surface area contributed by atoms with Gasteiger partial charge in [0.25, 0.3) is 0 Å². The fraction of sp³-hybridized carbons (Fsp3) is 0.912. The molecule has 0 aromatic heterocycles. The number of ether oxygens (including phenoxy) is 2. The molecule has 6 N–H and O–H groups in total. The van der Waals surface area contributed by atoms with Crippen molar-refractivity contribution in [2.45, 2.75) is 320 Å². The van der Waals surface area contributed by atoms with Crippen molar-refractivity contribution in [3.63, 3.8) is 0 Å². The average Bonchev–Trinajstić information content (AvgIpc) is 3.32. The Morgan fingerprint density at radius 2 is 0.864 bits per heavy atom. The third kappa shape index (κ3) is 36.6. The van der Waals surface area contributed by atoms with E-state index in [4.69, 9.17) is 9.47 Å². The summed E-state index contributed by atoms with van der Waals surface area (Å²) in [7, 11) is 0. The molecule has 0 aromatic carbocycles. The third-order valence-corrected chi connectivity index (χ3v) is 13.8. The summed E-state index contributed by atoms with van der Waals surface area (Å²) in [6, 6.07) is -0.817. The van der Waals surface area contributed by atoms with Crippen LogP contribution in [-0.4, -0.2) is 87.5 Å². The third-order valence-electron chi connectivity index (χ3n) is 13.8. The minimum atomic E-state index is -1.57. The molecule has 1 saturated heterocycles. The molecule has 1 amide bonds. The van der Waals surface area contributed by atoms with Gasteiger partial charge in [0.15, 0.2) is 6.29 Å². The highest BCUT2D eigenvalue weighted by molar-refractivity contribution is 5.76. The van der Waals surface area contributed by atoms with E-state index in [-0.39, 0.29) is 12.5 Å². The maximum absolute atomic E-state index is 13.0. The molecule has 9 heteroatoms. The van der Waals surface area contributed by atoms with Crippen LogP contribution in [0.4, 0.5) is 0 Å². The second kappa shape index (κ2) is 47.4. The normalized spacial score (nSPS) is 19.9. The molecule has 0 bridgehead atoms. The van der Waals surface area contributed by atoms with E-state index in [1.165, 1.54) is 218 Å². The van der Waals surface area contributed by atoms with Crippen LogP contribution in [0.1, 0.15) is 277 Å². The highest BCUT2D eigenvalue weighted by atomic mass is 16.7. The number of unbranched alkanes of at least 4 members (excludes halogenated alkanes) is 37. The first-order valence-corrected chi connectivity index (χ1v) is 28.6. The zero-order chi connectivity index (χ0) is 48.0. The summed E-state index contributed by atoms with van der Waals surface area (Å²) >= 11 is 0. The summed E-state index contributed by atoms with van der Waals surface area (Å²) in [6.45, 7) is 3.77. The molecule has 0 spiro atoms. The summed E-state index contributed by atoms with van der Waals surface area (Å²) in [4.78, 5) is 13.0. The van der Waals surface area contributed by atoms with Gasteiger partial charge in [0.2, 0.25) is 5.91 Å². The number of rotatable bonds is 49. The Labute approximate surface area is 407 Å². The van der Waals surface area contributed by atoms with E-state index >= 15 is 0 Å². The van der Waals surface area contributed by atoms with Gasteiger partial charge < -0.3 is 40.3 Å². The Morgan fingerprint density at radius 1 is 0.500 bits per heavy atom. The Kier molecular flexibility index (Phi) is 45.0. The van der Waals surface area contributed by atoms with Crippen molar-refractivity contribution in [3.05, 3.63) is 24.3 Å². The fourth-order valence-corrected chi connectivity index (χ4v) is 9.23. The van der Waals surface area contributed by atoms with Crippen molar-refractivity contribution in [3.8, 4) is 0 Å². The van der Waals surface area contributed by atoms with Gasteiger partial charge in [-0.05, 0) is 32.1 Å². The van der Waals surface area contributed by atoms with Crippen LogP contribution in [0.5, 0.6) is 0 Å². The predicted molar refractivity (Wildman–Crippen MR) is 277 cm³/mol. The molecule has 1 heterocycles. The topological polar surface area (TPSA) is 149 Å². The highest BCUT2D eigenvalue weighted by Crippen LogP contribution is 2.23. The largest absolute Gasteiger partial charge is 0.394 e. The zero-order valence-corrected chi connectivity index (χ0v) is 43.2. The van der Waals surface area contributed by atoms with Gasteiger partial charge in [0, 0.05) is 6.42 Å². The van der Waals surface area contributed by atoms with E-state index in [9.17, 15) is 30.3 Å². The van der Waals surface area contributed by atoms with E-state index in [2.05, 4.69) is 31.3 Å². The van der Waals surface area contributed by atoms with Gasteiger partial charge in [0.05, 0.1) is 25.4 Å². The van der Waals surface area contributed by atoms with Crippen LogP contribution in [0.15, 0.2) is 24.3 Å². The minimum Gasteiger partial charge on any atom is -0.394 e. The molecule has 66 heavy (non-hydrogen) atoms. The van der Waals surface area contributed by atoms with Gasteiger partial charge >= 0.3 is 0 Å². The van der Waals surface area contributed by atoms with Gasteiger partial charge in [-0.3, -0.25) is 4.79 Å². The predicted octanol–water partition coefficient (Wildman–Crippen LogP) is 13.8. The van der Waals surface area contributed by atoms with Crippen LogP contribution in [0.3, 0.4) is 0 Å². The minimum absolute atomic E-state index is 0.183. The Hall–Kier alpha value is -1.33. The summed E-state index contributed by atoms with van der Waals surface area (Å²) in [5.41, 5.74) is 0. The van der Waals surface area contributed by atoms with Crippen LogP contribution < -0.4 is 5.32 Å². The molecule has 0 radical (unpaired) electrons. The van der Waals surface area contributed by atoms with E-state index in [1.54, 1.807) is 6.08 Å². The lowest BCUT2D eigenvalue weighted by Crippen LogP contribution is -2.60. The van der Waals surface area contributed by atoms with Crippen LogP contribution in [0.25, 0.3) is 0 Å². The standard InChI is InChI=1S/C57H109NO8/c1-3-5-7-9-11-13-15-17-18-19-20-21-22-23-24-25-26-27-28-29-30-31-32-33-34-35-37-39-41-43-45-47-53(61)58-50(49-65-57-56(64)55(63)54(62)52(48-59)66-57)51(60)46-44-42-40-38-36-16-14-12-10-8-6-4-2/h36,38,44,46,50-52,54-57,59-60,62-64H,3-35,37,39-43,45,47-49H2,1-2H3,(H,58,61)/b38-36+,46-44+. The first kappa shape index (κ1) is 62.7. The average molecular weight is 936 g/mol. The number of hydrogen-bond acceptors (Lipinski definition) is 8. The molecule has 1 aliphatic heterocycles. The van der Waals surface area contributed by atoms with Crippen LogP contribution in [-0.2, 0) is 14.3 Å². The van der Waals surface area contributed by atoms with Crippen LogP contribution in [0.2, 0.25) is 0 Å². The number of hydrogen-bond donors (Lipinski definition) is 6. The Morgan fingerprint density at radius 3 is 1.27 bits per heavy atom. The number of aliphatic hydroxyl groups excluding tert-OH is 5. The molecule has 1 aliphatic rings. The number of carbonyl (C=O) groups is 1.